The number of carbonyl (C=O) groups is 2. The molecule has 2 aromatic rings. The van der Waals surface area contributed by atoms with E-state index in [1.54, 1.807) is 11.0 Å². The third kappa shape index (κ3) is 2.93. The number of carbonyl (C=O) groups excluding carboxylic acids is 2. The lowest BCUT2D eigenvalue weighted by Crippen LogP contribution is -2.53. The van der Waals surface area contributed by atoms with E-state index in [1.165, 1.54) is 18.3 Å². The van der Waals surface area contributed by atoms with Crippen molar-refractivity contribution < 1.29 is 9.59 Å². The minimum absolute atomic E-state index is 0.00400. The van der Waals surface area contributed by atoms with Crippen molar-refractivity contribution in [3.05, 3.63) is 22.5 Å². The minimum Gasteiger partial charge on any atom is -0.341 e. The number of hydrogen-bond acceptors (Lipinski definition) is 4. The van der Waals surface area contributed by atoms with Crippen LogP contribution in [0.25, 0.3) is 10.6 Å². The first-order valence-electron chi connectivity index (χ1n) is 6.40. The zero-order valence-electron chi connectivity index (χ0n) is 11.2. The van der Waals surface area contributed by atoms with Gasteiger partial charge in [0.15, 0.2) is 5.82 Å². The molecule has 0 atom stereocenters. The van der Waals surface area contributed by atoms with E-state index < -0.39 is 0 Å². The smallest absolute Gasteiger partial charge is 0.232 e. The first-order valence-corrected chi connectivity index (χ1v) is 7.60. The van der Waals surface area contributed by atoms with Crippen molar-refractivity contribution in [2.45, 2.75) is 6.92 Å². The maximum atomic E-state index is 12.0. The van der Waals surface area contributed by atoms with Crippen LogP contribution in [0.15, 0.2) is 18.2 Å². The molecule has 2 amide bonds. The van der Waals surface area contributed by atoms with Gasteiger partial charge in [0.1, 0.15) is 0 Å². The van der Waals surface area contributed by atoms with Gasteiger partial charge in [-0.25, -0.2) is 0 Å². The van der Waals surface area contributed by atoms with Crippen molar-refractivity contribution in [3.63, 3.8) is 0 Å². The minimum atomic E-state index is -0.162. The molecule has 1 saturated heterocycles. The van der Waals surface area contributed by atoms with Crippen molar-refractivity contribution in [2.75, 3.05) is 18.4 Å². The van der Waals surface area contributed by atoms with Crippen LogP contribution >= 0.6 is 22.9 Å². The maximum Gasteiger partial charge on any atom is 0.232 e. The summed E-state index contributed by atoms with van der Waals surface area (Å²) in [7, 11) is 0. The fourth-order valence-corrected chi connectivity index (χ4v) is 3.11. The average Bonchev–Trinajstić information content (AvgIpc) is 2.95. The second-order valence-electron chi connectivity index (χ2n) is 4.88. The van der Waals surface area contributed by atoms with E-state index in [1.807, 2.05) is 12.1 Å². The second kappa shape index (κ2) is 5.50. The van der Waals surface area contributed by atoms with Crippen LogP contribution in [-0.2, 0) is 9.59 Å². The Morgan fingerprint density at radius 3 is 2.86 bits per heavy atom. The zero-order valence-corrected chi connectivity index (χ0v) is 12.8. The molecule has 1 aliphatic heterocycles. The lowest BCUT2D eigenvalue weighted by atomic mass is 9.99. The Bertz CT molecular complexity index is 690. The van der Waals surface area contributed by atoms with E-state index in [4.69, 9.17) is 11.6 Å². The SMILES string of the molecule is CC(=O)N1CC(C(=O)Nc2cc(-c3ccc(Cl)s3)[nH]n2)C1. The first kappa shape index (κ1) is 14.1. The molecule has 2 N–H and O–H groups in total. The lowest BCUT2D eigenvalue weighted by molar-refractivity contribution is -0.139. The number of amides is 2. The monoisotopic (exact) mass is 324 g/mol. The number of halogens is 1. The summed E-state index contributed by atoms with van der Waals surface area (Å²) >= 11 is 7.33. The van der Waals surface area contributed by atoms with E-state index >= 15 is 0 Å². The molecule has 8 heteroatoms. The summed E-state index contributed by atoms with van der Waals surface area (Å²) in [5.74, 6) is 0.191. The number of nitrogens with one attached hydrogen (secondary N) is 2. The van der Waals surface area contributed by atoms with Crippen LogP contribution < -0.4 is 5.32 Å². The average molecular weight is 325 g/mol. The Morgan fingerprint density at radius 1 is 1.48 bits per heavy atom. The van der Waals surface area contributed by atoms with E-state index in [-0.39, 0.29) is 17.7 Å². The summed E-state index contributed by atoms with van der Waals surface area (Å²) in [6.45, 7) is 2.44. The van der Waals surface area contributed by atoms with Gasteiger partial charge in [-0.3, -0.25) is 14.7 Å². The van der Waals surface area contributed by atoms with Gasteiger partial charge in [0.25, 0.3) is 0 Å². The topological polar surface area (TPSA) is 78.1 Å². The van der Waals surface area contributed by atoms with Crippen LogP contribution in [0.3, 0.4) is 0 Å². The van der Waals surface area contributed by atoms with E-state index in [0.29, 0.717) is 23.2 Å². The van der Waals surface area contributed by atoms with Crippen molar-refractivity contribution >= 4 is 40.6 Å². The highest BCUT2D eigenvalue weighted by Crippen LogP contribution is 2.30. The number of rotatable bonds is 3. The fourth-order valence-electron chi connectivity index (χ4n) is 2.10. The van der Waals surface area contributed by atoms with E-state index in [2.05, 4.69) is 15.5 Å². The molecule has 110 valence electrons. The van der Waals surface area contributed by atoms with Gasteiger partial charge in [-0.2, -0.15) is 5.10 Å². The molecular weight excluding hydrogens is 312 g/mol. The van der Waals surface area contributed by atoms with Gasteiger partial charge in [-0.1, -0.05) is 11.6 Å². The number of anilines is 1. The number of likely N-dealkylation sites (tertiary alicyclic amines) is 1. The van der Waals surface area contributed by atoms with Crippen LogP contribution in [0, 0.1) is 5.92 Å². The molecule has 0 spiro atoms. The molecule has 2 aromatic heterocycles. The molecule has 0 aromatic carbocycles. The van der Waals surface area contributed by atoms with Gasteiger partial charge in [0.05, 0.1) is 20.8 Å². The van der Waals surface area contributed by atoms with E-state index in [0.717, 1.165) is 10.6 Å². The molecule has 6 nitrogen and oxygen atoms in total. The summed E-state index contributed by atoms with van der Waals surface area (Å²) < 4.78 is 0.698. The molecule has 21 heavy (non-hydrogen) atoms. The quantitative estimate of drug-likeness (QED) is 0.908. The second-order valence-corrected chi connectivity index (χ2v) is 6.60. The molecule has 0 aliphatic carbocycles. The highest BCUT2D eigenvalue weighted by molar-refractivity contribution is 7.19. The van der Waals surface area contributed by atoms with Gasteiger partial charge < -0.3 is 10.2 Å². The molecule has 1 aliphatic rings. The van der Waals surface area contributed by atoms with Crippen LogP contribution in [0.5, 0.6) is 0 Å². The van der Waals surface area contributed by atoms with Gasteiger partial charge in [-0.15, -0.1) is 11.3 Å². The Labute approximate surface area is 130 Å². The normalized spacial score (nSPS) is 14.9. The summed E-state index contributed by atoms with van der Waals surface area (Å²) in [5, 5.41) is 9.68. The molecule has 0 bridgehead atoms. The Morgan fingerprint density at radius 2 is 2.24 bits per heavy atom. The number of H-pyrrole nitrogens is 1. The standard InChI is InChI=1S/C13H13ClN4O2S/c1-7(19)18-5-8(6-18)13(20)15-12-4-9(16-17-12)10-2-3-11(14)21-10/h2-4,8H,5-6H2,1H3,(H2,15,16,17,20). The first-order chi connectivity index (χ1) is 10.0. The highest BCUT2D eigenvalue weighted by atomic mass is 35.5. The molecule has 1 fully saturated rings. The van der Waals surface area contributed by atoms with Gasteiger partial charge >= 0.3 is 0 Å². The van der Waals surface area contributed by atoms with Crippen molar-refractivity contribution in [3.8, 4) is 10.6 Å². The molecule has 3 rings (SSSR count). The lowest BCUT2D eigenvalue weighted by Gasteiger charge is -2.37. The van der Waals surface area contributed by atoms with Gasteiger partial charge in [0.2, 0.25) is 11.8 Å². The zero-order chi connectivity index (χ0) is 15.0. The van der Waals surface area contributed by atoms with Gasteiger partial charge in [0, 0.05) is 26.1 Å². The Hall–Kier alpha value is -1.86. The third-order valence-corrected chi connectivity index (χ3v) is 4.63. The van der Waals surface area contributed by atoms with Crippen molar-refractivity contribution in [1.82, 2.24) is 15.1 Å². The highest BCUT2D eigenvalue weighted by Gasteiger charge is 2.34. The van der Waals surface area contributed by atoms with Crippen molar-refractivity contribution in [1.29, 1.82) is 0 Å². The van der Waals surface area contributed by atoms with Crippen molar-refractivity contribution in [2.24, 2.45) is 5.92 Å². The number of aromatic nitrogens is 2. The predicted molar refractivity (Wildman–Crippen MR) is 81.3 cm³/mol. The third-order valence-electron chi connectivity index (χ3n) is 3.37. The number of hydrogen-bond donors (Lipinski definition) is 2. The van der Waals surface area contributed by atoms with Crippen LogP contribution in [0.1, 0.15) is 6.92 Å². The van der Waals surface area contributed by atoms with E-state index in [9.17, 15) is 9.59 Å². The summed E-state index contributed by atoms with van der Waals surface area (Å²) in [6, 6.07) is 5.47. The number of thiophene rings is 1. The summed E-state index contributed by atoms with van der Waals surface area (Å²) in [6.07, 6.45) is 0. The molecule has 0 unspecified atom stereocenters. The number of aromatic amines is 1. The van der Waals surface area contributed by atoms with Crippen LogP contribution in [0.2, 0.25) is 4.34 Å². The van der Waals surface area contributed by atoms with Crippen LogP contribution in [-0.4, -0.2) is 40.0 Å². The summed E-state index contributed by atoms with van der Waals surface area (Å²) in [4.78, 5) is 25.7. The molecular formula is C13H13ClN4O2S. The van der Waals surface area contributed by atoms with Crippen LogP contribution in [0.4, 0.5) is 5.82 Å². The predicted octanol–water partition coefficient (Wildman–Crippen LogP) is 2.21. The summed E-state index contributed by atoms with van der Waals surface area (Å²) in [5.41, 5.74) is 0.807. The molecule has 0 radical (unpaired) electrons. The Kier molecular flexibility index (Phi) is 3.69. The molecule has 0 saturated carbocycles. The fraction of sp³-hybridized carbons (Fsp3) is 0.308. The maximum absolute atomic E-state index is 12.0. The molecule has 3 heterocycles. The van der Waals surface area contributed by atoms with Gasteiger partial charge in [-0.05, 0) is 12.1 Å². The largest absolute Gasteiger partial charge is 0.341 e. The Balaban J connectivity index is 1.60. The number of nitrogens with zero attached hydrogens (tertiary/aromatic N) is 2.